The number of H-pyrrole nitrogens is 1. The van der Waals surface area contributed by atoms with E-state index in [1.807, 2.05) is 37.2 Å². The van der Waals surface area contributed by atoms with E-state index in [1.165, 1.54) is 0 Å². The van der Waals surface area contributed by atoms with Crippen molar-refractivity contribution >= 4 is 38.6 Å². The van der Waals surface area contributed by atoms with E-state index in [0.717, 1.165) is 65.1 Å². The van der Waals surface area contributed by atoms with Crippen LogP contribution in [-0.4, -0.2) is 46.3 Å². The Morgan fingerprint density at radius 2 is 1.86 bits per heavy atom. The number of halogens is 1. The maximum Gasteiger partial charge on any atom is 0.225 e. The van der Waals surface area contributed by atoms with Crippen molar-refractivity contribution in [3.05, 3.63) is 40.6 Å². The number of aromatic amines is 1. The van der Waals surface area contributed by atoms with Crippen LogP contribution in [0.2, 0.25) is 0 Å². The van der Waals surface area contributed by atoms with Crippen LogP contribution in [0.1, 0.15) is 31.4 Å². The Hall–Kier alpha value is -2.19. The van der Waals surface area contributed by atoms with Gasteiger partial charge in [0.1, 0.15) is 5.82 Å². The van der Waals surface area contributed by atoms with Crippen LogP contribution in [0.3, 0.4) is 0 Å². The lowest BCUT2D eigenvalue weighted by Gasteiger charge is -2.30. The van der Waals surface area contributed by atoms with Crippen LogP contribution < -0.4 is 15.5 Å². The molecule has 1 fully saturated rings. The first-order valence-corrected chi connectivity index (χ1v) is 10.5. The lowest BCUT2D eigenvalue weighted by molar-refractivity contribution is 0.351. The third-order valence-corrected chi connectivity index (χ3v) is 5.98. The maximum absolute atomic E-state index is 4.77. The third kappa shape index (κ3) is 4.28. The summed E-state index contributed by atoms with van der Waals surface area (Å²) in [5.74, 6) is 1.67. The molecular weight excluding hydrogens is 418 g/mol. The van der Waals surface area contributed by atoms with Crippen LogP contribution in [0.5, 0.6) is 0 Å². The highest BCUT2D eigenvalue weighted by atomic mass is 79.9. The Kier molecular flexibility index (Phi) is 5.77. The quantitative estimate of drug-likeness (QED) is 0.538. The molecule has 1 aromatic carbocycles. The first-order chi connectivity index (χ1) is 13.6. The van der Waals surface area contributed by atoms with Crippen molar-refractivity contribution in [2.75, 3.05) is 24.3 Å². The first kappa shape index (κ1) is 19.1. The normalized spacial score (nSPS) is 19.7. The van der Waals surface area contributed by atoms with E-state index in [0.29, 0.717) is 12.1 Å². The van der Waals surface area contributed by atoms with E-state index in [9.17, 15) is 0 Å². The molecule has 1 saturated carbocycles. The Labute approximate surface area is 173 Å². The minimum atomic E-state index is 0.410. The Balaban J connectivity index is 1.36. The van der Waals surface area contributed by atoms with Gasteiger partial charge in [-0.1, -0.05) is 12.1 Å². The monoisotopic (exact) mass is 443 g/mol. The van der Waals surface area contributed by atoms with Crippen LogP contribution in [0.4, 0.5) is 11.8 Å². The second-order valence-electron chi connectivity index (χ2n) is 7.55. The molecule has 1 aliphatic rings. The summed E-state index contributed by atoms with van der Waals surface area (Å²) in [5.41, 5.74) is 2.07. The first-order valence-electron chi connectivity index (χ1n) is 9.72. The van der Waals surface area contributed by atoms with E-state index in [-0.39, 0.29) is 0 Å². The van der Waals surface area contributed by atoms with Gasteiger partial charge in [-0.15, -0.1) is 0 Å². The molecule has 3 aromatic rings. The average Bonchev–Trinajstić information content (AvgIpc) is 3.11. The van der Waals surface area contributed by atoms with Crippen molar-refractivity contribution in [3.63, 3.8) is 0 Å². The van der Waals surface area contributed by atoms with Crippen LogP contribution in [-0.2, 0) is 6.54 Å². The van der Waals surface area contributed by atoms with Crippen LogP contribution >= 0.6 is 15.9 Å². The predicted molar refractivity (Wildman–Crippen MR) is 117 cm³/mol. The zero-order chi connectivity index (χ0) is 19.5. The van der Waals surface area contributed by atoms with Gasteiger partial charge in [0, 0.05) is 38.1 Å². The van der Waals surface area contributed by atoms with Gasteiger partial charge in [0.15, 0.2) is 0 Å². The highest BCUT2D eigenvalue weighted by molar-refractivity contribution is 9.10. The topological polar surface area (TPSA) is 81.8 Å². The maximum atomic E-state index is 4.77. The molecule has 0 bridgehead atoms. The molecule has 3 N–H and O–H groups in total. The van der Waals surface area contributed by atoms with Crippen molar-refractivity contribution in [2.45, 2.75) is 44.3 Å². The number of hydrogen-bond acceptors (Lipinski definition) is 6. The fourth-order valence-electron chi connectivity index (χ4n) is 3.76. The second kappa shape index (κ2) is 8.45. The van der Waals surface area contributed by atoms with Crippen molar-refractivity contribution in [2.24, 2.45) is 0 Å². The summed E-state index contributed by atoms with van der Waals surface area (Å²) in [7, 11) is 4.04. The molecule has 1 aliphatic carbocycles. The minimum Gasteiger partial charge on any atom is -0.362 e. The van der Waals surface area contributed by atoms with Gasteiger partial charge in [0.2, 0.25) is 5.95 Å². The summed E-state index contributed by atoms with van der Waals surface area (Å²) < 4.78 is 1.03. The number of benzene rings is 1. The summed E-state index contributed by atoms with van der Waals surface area (Å²) in [6.07, 6.45) is 6.28. The number of para-hydroxylation sites is 1. The van der Waals surface area contributed by atoms with Crippen LogP contribution in [0.25, 0.3) is 10.9 Å². The van der Waals surface area contributed by atoms with E-state index >= 15 is 0 Å². The molecule has 0 radical (unpaired) electrons. The van der Waals surface area contributed by atoms with Gasteiger partial charge in [-0.25, -0.2) is 4.98 Å². The summed E-state index contributed by atoms with van der Waals surface area (Å²) in [4.78, 5) is 11.5. The van der Waals surface area contributed by atoms with Gasteiger partial charge in [-0.05, 0) is 53.7 Å². The summed E-state index contributed by atoms with van der Waals surface area (Å²) in [5, 5.41) is 15.3. The van der Waals surface area contributed by atoms with Crippen molar-refractivity contribution < 1.29 is 0 Å². The van der Waals surface area contributed by atoms with E-state index in [2.05, 4.69) is 42.8 Å². The fraction of sp³-hybridized carbons (Fsp3) is 0.450. The lowest BCUT2D eigenvalue weighted by Crippen LogP contribution is -2.37. The molecule has 2 aromatic heterocycles. The molecule has 0 atom stereocenters. The number of aromatic nitrogens is 4. The molecule has 0 saturated heterocycles. The molecule has 8 heteroatoms. The number of nitrogens with zero attached hydrogens (tertiary/aromatic N) is 4. The van der Waals surface area contributed by atoms with Gasteiger partial charge in [0.05, 0.1) is 21.9 Å². The molecule has 0 amide bonds. The van der Waals surface area contributed by atoms with Crippen molar-refractivity contribution in [1.29, 1.82) is 0 Å². The molecule has 4 rings (SSSR count). The molecule has 0 unspecified atom stereocenters. The molecule has 148 valence electrons. The third-order valence-electron chi connectivity index (χ3n) is 5.30. The van der Waals surface area contributed by atoms with E-state index in [4.69, 9.17) is 9.97 Å². The van der Waals surface area contributed by atoms with E-state index in [1.54, 1.807) is 6.20 Å². The molecule has 0 aliphatic heterocycles. The predicted octanol–water partition coefficient (Wildman–Crippen LogP) is 3.69. The van der Waals surface area contributed by atoms with Gasteiger partial charge >= 0.3 is 0 Å². The zero-order valence-electron chi connectivity index (χ0n) is 16.2. The largest absolute Gasteiger partial charge is 0.362 e. The van der Waals surface area contributed by atoms with Gasteiger partial charge in [-0.3, -0.25) is 5.10 Å². The van der Waals surface area contributed by atoms with Gasteiger partial charge in [0.25, 0.3) is 0 Å². The smallest absolute Gasteiger partial charge is 0.225 e. The van der Waals surface area contributed by atoms with Gasteiger partial charge in [-0.2, -0.15) is 10.1 Å². The SMILES string of the molecule is CN(C)c1nc(N[C@H]2CC[C@@H](NCc3[nH]ncc3Br)CC2)nc2ccccc12. The highest BCUT2D eigenvalue weighted by Crippen LogP contribution is 2.26. The van der Waals surface area contributed by atoms with Crippen LogP contribution in [0, 0.1) is 0 Å². The average molecular weight is 444 g/mol. The summed E-state index contributed by atoms with van der Waals surface area (Å²) in [6, 6.07) is 9.11. The Bertz CT molecular complexity index is 931. The second-order valence-corrected chi connectivity index (χ2v) is 8.41. The molecule has 7 nitrogen and oxygen atoms in total. The zero-order valence-corrected chi connectivity index (χ0v) is 17.8. The van der Waals surface area contributed by atoms with Crippen LogP contribution in [0.15, 0.2) is 34.9 Å². The molecule has 2 heterocycles. The number of anilines is 2. The summed E-state index contributed by atoms with van der Waals surface area (Å²) in [6.45, 7) is 0.809. The minimum absolute atomic E-state index is 0.410. The fourth-order valence-corrected chi connectivity index (χ4v) is 4.09. The number of hydrogen-bond donors (Lipinski definition) is 3. The number of fused-ring (bicyclic) bond motifs is 1. The summed E-state index contributed by atoms with van der Waals surface area (Å²) >= 11 is 3.51. The molecular formula is C20H26BrN7. The van der Waals surface area contributed by atoms with Gasteiger partial charge < -0.3 is 15.5 Å². The lowest BCUT2D eigenvalue weighted by atomic mass is 9.91. The highest BCUT2D eigenvalue weighted by Gasteiger charge is 2.22. The van der Waals surface area contributed by atoms with Crippen molar-refractivity contribution in [3.8, 4) is 0 Å². The Morgan fingerprint density at radius 3 is 2.57 bits per heavy atom. The Morgan fingerprint density at radius 1 is 1.11 bits per heavy atom. The standard InChI is InChI=1S/C20H26BrN7/c1-28(2)19-15-5-3-4-6-17(15)25-20(26-19)24-14-9-7-13(8-10-14)22-12-18-16(21)11-23-27-18/h3-6,11,13-14,22H,7-10,12H2,1-2H3,(H,23,27)(H,24,25,26)/t13-,14+. The molecule has 28 heavy (non-hydrogen) atoms. The van der Waals surface area contributed by atoms with E-state index < -0.39 is 0 Å². The number of rotatable bonds is 6. The van der Waals surface area contributed by atoms with Crippen molar-refractivity contribution in [1.82, 2.24) is 25.5 Å². The molecule has 0 spiro atoms. The number of nitrogens with one attached hydrogen (secondary N) is 3.